The number of aromatic nitrogens is 2. The first-order valence-electron chi connectivity index (χ1n) is 12.0. The largest absolute Gasteiger partial charge is 0.497 e. The molecule has 0 spiro atoms. The number of aryl methyl sites for hydroxylation is 1. The van der Waals surface area contributed by atoms with Gasteiger partial charge in [0.2, 0.25) is 0 Å². The van der Waals surface area contributed by atoms with Gasteiger partial charge in [-0.25, -0.2) is 0 Å². The van der Waals surface area contributed by atoms with E-state index in [0.29, 0.717) is 11.6 Å². The summed E-state index contributed by atoms with van der Waals surface area (Å²) in [6, 6.07) is 16.7. The molecule has 0 radical (unpaired) electrons. The van der Waals surface area contributed by atoms with E-state index in [1.54, 1.807) is 7.11 Å². The van der Waals surface area contributed by atoms with E-state index in [2.05, 4.69) is 50.7 Å². The van der Waals surface area contributed by atoms with Crippen LogP contribution in [-0.4, -0.2) is 54.3 Å². The summed E-state index contributed by atoms with van der Waals surface area (Å²) in [6.45, 7) is 3.99. The SMILES string of the molecule is COc1ccc(CCN2CCC(CNC(=O)c3[nH]nc4c3CCc3ccccc3-4)CC2)cc1. The number of fused-ring (bicyclic) bond motifs is 3. The number of ether oxygens (including phenoxy) is 1. The Hall–Kier alpha value is -3.12. The maximum absolute atomic E-state index is 12.9. The Balaban J connectivity index is 1.09. The Kier molecular flexibility index (Phi) is 6.44. The highest BCUT2D eigenvalue weighted by atomic mass is 16.5. The minimum absolute atomic E-state index is 0.0231. The molecule has 1 aromatic heterocycles. The number of H-pyrrole nitrogens is 1. The molecule has 2 aromatic carbocycles. The maximum atomic E-state index is 12.9. The Morgan fingerprint density at radius 3 is 2.70 bits per heavy atom. The fraction of sp³-hybridized carbons (Fsp3) is 0.407. The number of nitrogens with zero attached hydrogens (tertiary/aromatic N) is 2. The van der Waals surface area contributed by atoms with Gasteiger partial charge < -0.3 is 15.0 Å². The normalized spacial score (nSPS) is 16.2. The number of likely N-dealkylation sites (tertiary alicyclic amines) is 1. The zero-order valence-electron chi connectivity index (χ0n) is 19.3. The molecule has 33 heavy (non-hydrogen) atoms. The van der Waals surface area contributed by atoms with Crippen molar-refractivity contribution >= 4 is 5.91 Å². The second kappa shape index (κ2) is 9.79. The Labute approximate surface area is 195 Å². The summed E-state index contributed by atoms with van der Waals surface area (Å²) >= 11 is 0. The van der Waals surface area contributed by atoms with Gasteiger partial charge in [-0.2, -0.15) is 5.10 Å². The molecule has 2 aliphatic rings. The van der Waals surface area contributed by atoms with Gasteiger partial charge in [-0.3, -0.25) is 9.89 Å². The quantitative estimate of drug-likeness (QED) is 0.580. The molecule has 2 N–H and O–H groups in total. The van der Waals surface area contributed by atoms with Crippen LogP contribution in [0.15, 0.2) is 48.5 Å². The average Bonchev–Trinajstić information content (AvgIpc) is 3.32. The lowest BCUT2D eigenvalue weighted by Gasteiger charge is -2.32. The van der Waals surface area contributed by atoms with E-state index in [1.165, 1.54) is 11.1 Å². The molecule has 1 amide bonds. The van der Waals surface area contributed by atoms with Crippen molar-refractivity contribution in [2.45, 2.75) is 32.1 Å². The average molecular weight is 445 g/mol. The number of carbonyl (C=O) groups excluding carboxylic acids is 1. The molecule has 1 aliphatic carbocycles. The van der Waals surface area contributed by atoms with Gasteiger partial charge in [0, 0.05) is 24.2 Å². The highest BCUT2D eigenvalue weighted by molar-refractivity contribution is 5.96. The molecule has 0 atom stereocenters. The summed E-state index contributed by atoms with van der Waals surface area (Å²) < 4.78 is 5.23. The summed E-state index contributed by atoms with van der Waals surface area (Å²) in [4.78, 5) is 15.4. The number of methoxy groups -OCH3 is 1. The minimum Gasteiger partial charge on any atom is -0.497 e. The van der Waals surface area contributed by atoms with Gasteiger partial charge in [-0.15, -0.1) is 0 Å². The molecule has 6 heteroatoms. The first-order valence-corrected chi connectivity index (χ1v) is 12.0. The third kappa shape index (κ3) is 4.81. The van der Waals surface area contributed by atoms with Crippen molar-refractivity contribution in [2.24, 2.45) is 5.92 Å². The molecule has 1 aliphatic heterocycles. The minimum atomic E-state index is -0.0231. The zero-order chi connectivity index (χ0) is 22.6. The molecule has 1 fully saturated rings. The number of piperidine rings is 1. The zero-order valence-corrected chi connectivity index (χ0v) is 19.3. The molecule has 1 saturated heterocycles. The first kappa shape index (κ1) is 21.7. The summed E-state index contributed by atoms with van der Waals surface area (Å²) in [5.41, 5.74) is 6.43. The lowest BCUT2D eigenvalue weighted by molar-refractivity contribution is 0.0930. The van der Waals surface area contributed by atoms with Crippen LogP contribution in [0.3, 0.4) is 0 Å². The Morgan fingerprint density at radius 1 is 1.12 bits per heavy atom. The summed E-state index contributed by atoms with van der Waals surface area (Å²) in [5, 5.41) is 10.7. The van der Waals surface area contributed by atoms with Gasteiger partial charge in [0.05, 0.1) is 12.8 Å². The van der Waals surface area contributed by atoms with Crippen LogP contribution in [0.5, 0.6) is 5.75 Å². The molecular formula is C27H32N4O2. The standard InChI is InChI=1S/C27H32N4O2/c1-33-22-9-6-19(7-10-22)12-15-31-16-13-20(14-17-31)18-28-27(32)26-24-11-8-21-4-2-3-5-23(21)25(24)29-30-26/h2-7,9-10,20H,8,11-18H2,1H3,(H,28,32)(H,29,30). The first-order chi connectivity index (χ1) is 16.2. The number of carbonyl (C=O) groups is 1. The number of aromatic amines is 1. The van der Waals surface area contributed by atoms with Crippen LogP contribution in [0, 0.1) is 5.92 Å². The maximum Gasteiger partial charge on any atom is 0.269 e. The van der Waals surface area contributed by atoms with Gasteiger partial charge >= 0.3 is 0 Å². The molecule has 6 nitrogen and oxygen atoms in total. The predicted molar refractivity (Wildman–Crippen MR) is 130 cm³/mol. The number of rotatable bonds is 7. The van der Waals surface area contributed by atoms with Crippen LogP contribution in [-0.2, 0) is 19.3 Å². The van der Waals surface area contributed by atoms with Crippen molar-refractivity contribution in [3.05, 3.63) is 70.9 Å². The molecule has 2 heterocycles. The summed E-state index contributed by atoms with van der Waals surface area (Å²) in [7, 11) is 1.70. The van der Waals surface area contributed by atoms with Crippen LogP contribution in [0.2, 0.25) is 0 Å². The van der Waals surface area contributed by atoms with Crippen molar-refractivity contribution in [2.75, 3.05) is 33.3 Å². The lowest BCUT2D eigenvalue weighted by Crippen LogP contribution is -2.39. The predicted octanol–water partition coefficient (Wildman–Crippen LogP) is 3.87. The molecule has 0 saturated carbocycles. The summed E-state index contributed by atoms with van der Waals surface area (Å²) in [6.07, 6.45) is 5.12. The summed E-state index contributed by atoms with van der Waals surface area (Å²) in [5.74, 6) is 1.41. The van der Waals surface area contributed by atoms with Crippen LogP contribution >= 0.6 is 0 Å². The van der Waals surface area contributed by atoms with Crippen LogP contribution < -0.4 is 10.1 Å². The molecule has 3 aromatic rings. The molecule has 0 bridgehead atoms. The number of hydrogen-bond acceptors (Lipinski definition) is 4. The van der Waals surface area contributed by atoms with Gasteiger partial charge in [-0.1, -0.05) is 36.4 Å². The highest BCUT2D eigenvalue weighted by Crippen LogP contribution is 2.33. The molecule has 172 valence electrons. The molecular weight excluding hydrogens is 412 g/mol. The van der Waals surface area contributed by atoms with E-state index >= 15 is 0 Å². The van der Waals surface area contributed by atoms with E-state index in [1.807, 2.05) is 18.2 Å². The third-order valence-electron chi connectivity index (χ3n) is 7.15. The van der Waals surface area contributed by atoms with Crippen molar-refractivity contribution < 1.29 is 9.53 Å². The van der Waals surface area contributed by atoms with Crippen LogP contribution in [0.25, 0.3) is 11.3 Å². The van der Waals surface area contributed by atoms with Gasteiger partial charge in [0.15, 0.2) is 0 Å². The van der Waals surface area contributed by atoms with Gasteiger partial charge in [0.1, 0.15) is 11.4 Å². The molecule has 0 unspecified atom stereocenters. The van der Waals surface area contributed by atoms with E-state index in [0.717, 1.165) is 80.9 Å². The van der Waals surface area contributed by atoms with Crippen molar-refractivity contribution in [1.29, 1.82) is 0 Å². The van der Waals surface area contributed by atoms with E-state index in [4.69, 9.17) is 4.74 Å². The highest BCUT2D eigenvalue weighted by Gasteiger charge is 2.26. The molecule has 5 rings (SSSR count). The topological polar surface area (TPSA) is 70.2 Å². The van der Waals surface area contributed by atoms with E-state index in [-0.39, 0.29) is 5.91 Å². The number of hydrogen-bond donors (Lipinski definition) is 2. The monoisotopic (exact) mass is 444 g/mol. The van der Waals surface area contributed by atoms with Crippen molar-refractivity contribution in [3.8, 4) is 17.0 Å². The number of benzene rings is 2. The van der Waals surface area contributed by atoms with Crippen molar-refractivity contribution in [1.82, 2.24) is 20.4 Å². The fourth-order valence-corrected chi connectivity index (χ4v) is 5.07. The van der Waals surface area contributed by atoms with Crippen LogP contribution in [0.1, 0.15) is 40.0 Å². The smallest absolute Gasteiger partial charge is 0.269 e. The van der Waals surface area contributed by atoms with E-state index < -0.39 is 0 Å². The lowest BCUT2D eigenvalue weighted by atomic mass is 9.89. The second-order valence-electron chi connectivity index (χ2n) is 9.18. The second-order valence-corrected chi connectivity index (χ2v) is 9.18. The number of amides is 1. The van der Waals surface area contributed by atoms with E-state index in [9.17, 15) is 4.79 Å². The fourth-order valence-electron chi connectivity index (χ4n) is 5.07. The Morgan fingerprint density at radius 2 is 1.91 bits per heavy atom. The Bertz CT molecular complexity index is 1100. The number of nitrogens with one attached hydrogen (secondary N) is 2. The van der Waals surface area contributed by atoms with Gasteiger partial charge in [-0.05, 0) is 74.4 Å². The van der Waals surface area contributed by atoms with Crippen LogP contribution in [0.4, 0.5) is 0 Å². The third-order valence-corrected chi connectivity index (χ3v) is 7.15. The van der Waals surface area contributed by atoms with Crippen molar-refractivity contribution in [3.63, 3.8) is 0 Å². The van der Waals surface area contributed by atoms with Gasteiger partial charge in [0.25, 0.3) is 5.91 Å².